The first-order valence-electron chi connectivity index (χ1n) is 13.7. The second-order valence-electron chi connectivity index (χ2n) is 9.42. The van der Waals surface area contributed by atoms with Gasteiger partial charge in [0.1, 0.15) is 6.04 Å². The zero-order chi connectivity index (χ0) is 31.1. The molecule has 40 heavy (non-hydrogen) atoms. The third-order valence-electron chi connectivity index (χ3n) is 6.44. The van der Waals surface area contributed by atoms with Gasteiger partial charge in [-0.15, -0.1) is 10.2 Å². The van der Waals surface area contributed by atoms with Crippen molar-refractivity contribution in [3.8, 4) is 17.1 Å². The molecule has 4 N–H and O–H groups in total. The highest BCUT2D eigenvalue weighted by Gasteiger charge is 2.41. The summed E-state index contributed by atoms with van der Waals surface area (Å²) < 4.78 is 58.7. The van der Waals surface area contributed by atoms with E-state index in [1.54, 1.807) is 18.2 Å². The number of ether oxygens (including phenoxy) is 1. The summed E-state index contributed by atoms with van der Waals surface area (Å²) in [7, 11) is -2.30. The Kier molecular flexibility index (Phi) is 6.39. The number of anilines is 3. The SMILES string of the molecule is [2H]C([2H])([2H])NC(=O)c1nnc(NC(=O)C2CC2)cc1Nc1cccc(-c2noc([C@@H]3C[C@@H](O)CN3S(C)(=O)=O)n2)c1OC. The van der Waals surface area contributed by atoms with E-state index in [-0.39, 0.29) is 65.1 Å². The van der Waals surface area contributed by atoms with E-state index >= 15 is 0 Å². The third-order valence-corrected chi connectivity index (χ3v) is 7.69. The van der Waals surface area contributed by atoms with Gasteiger partial charge >= 0.3 is 0 Å². The van der Waals surface area contributed by atoms with Crippen molar-refractivity contribution in [2.24, 2.45) is 5.92 Å². The Hall–Kier alpha value is -4.15. The van der Waals surface area contributed by atoms with Crippen molar-refractivity contribution >= 4 is 39.0 Å². The first-order chi connectivity index (χ1) is 20.2. The number of aliphatic hydroxyl groups excluding tert-OH is 1. The van der Waals surface area contributed by atoms with E-state index in [9.17, 15) is 23.1 Å². The minimum absolute atomic E-state index is 0.0100. The number of para-hydroxylation sites is 1. The molecule has 0 bridgehead atoms. The van der Waals surface area contributed by atoms with E-state index in [2.05, 4.69) is 31.0 Å². The molecule has 0 unspecified atom stereocenters. The van der Waals surface area contributed by atoms with Crippen LogP contribution in [0.3, 0.4) is 0 Å². The average Bonchev–Trinajstić information content (AvgIpc) is 3.52. The number of rotatable bonds is 9. The summed E-state index contributed by atoms with van der Waals surface area (Å²) in [5.74, 6) is -1.17. The fraction of sp³-hybridized carbons (Fsp3) is 0.417. The van der Waals surface area contributed by atoms with Crippen LogP contribution in [0.25, 0.3) is 11.4 Å². The van der Waals surface area contributed by atoms with Gasteiger partial charge in [0, 0.05) is 36.0 Å². The van der Waals surface area contributed by atoms with Crippen LogP contribution < -0.4 is 20.7 Å². The van der Waals surface area contributed by atoms with E-state index in [1.807, 2.05) is 5.32 Å². The number of carbonyl (C=O) groups is 2. The molecular weight excluding hydrogens is 544 g/mol. The van der Waals surface area contributed by atoms with Crippen molar-refractivity contribution in [3.63, 3.8) is 0 Å². The second kappa shape index (κ2) is 10.8. The highest BCUT2D eigenvalue weighted by molar-refractivity contribution is 7.88. The first kappa shape index (κ1) is 23.7. The van der Waals surface area contributed by atoms with Gasteiger partial charge in [0.25, 0.3) is 5.91 Å². The van der Waals surface area contributed by atoms with Gasteiger partial charge in [-0.3, -0.25) is 9.59 Å². The highest BCUT2D eigenvalue weighted by Crippen LogP contribution is 2.39. The van der Waals surface area contributed by atoms with Gasteiger partial charge in [-0.25, -0.2) is 8.42 Å². The molecule has 5 rings (SSSR count). The van der Waals surface area contributed by atoms with Crippen LogP contribution in [0, 0.1) is 5.92 Å². The number of aromatic nitrogens is 4. The number of hydrogen-bond donors (Lipinski definition) is 4. The summed E-state index contributed by atoms with van der Waals surface area (Å²) in [5, 5.41) is 29.3. The van der Waals surface area contributed by atoms with Crippen LogP contribution in [0.4, 0.5) is 17.2 Å². The molecule has 1 aliphatic heterocycles. The Balaban J connectivity index is 1.49. The lowest BCUT2D eigenvalue weighted by molar-refractivity contribution is -0.117. The molecule has 16 heteroatoms. The summed E-state index contributed by atoms with van der Waals surface area (Å²) in [4.78, 5) is 29.5. The van der Waals surface area contributed by atoms with Crippen molar-refractivity contribution in [1.29, 1.82) is 0 Å². The quantitative estimate of drug-likeness (QED) is 0.283. The molecule has 1 aliphatic carbocycles. The largest absolute Gasteiger partial charge is 0.494 e. The van der Waals surface area contributed by atoms with Gasteiger partial charge in [0.2, 0.25) is 27.6 Å². The average molecular weight is 576 g/mol. The van der Waals surface area contributed by atoms with E-state index in [0.717, 1.165) is 23.4 Å². The Bertz CT molecular complexity index is 1660. The van der Waals surface area contributed by atoms with Crippen LogP contribution in [-0.2, 0) is 14.8 Å². The van der Waals surface area contributed by atoms with Crippen LogP contribution in [0.15, 0.2) is 28.8 Å². The van der Waals surface area contributed by atoms with E-state index < -0.39 is 35.1 Å². The van der Waals surface area contributed by atoms with Gasteiger partial charge in [-0.1, -0.05) is 11.2 Å². The molecule has 0 radical (unpaired) electrons. The number of aliphatic hydroxyl groups is 1. The van der Waals surface area contributed by atoms with Crippen molar-refractivity contribution in [3.05, 3.63) is 35.9 Å². The van der Waals surface area contributed by atoms with Crippen molar-refractivity contribution in [2.45, 2.75) is 31.4 Å². The van der Waals surface area contributed by atoms with Gasteiger partial charge in [-0.2, -0.15) is 9.29 Å². The van der Waals surface area contributed by atoms with Gasteiger partial charge in [0.05, 0.1) is 36.4 Å². The summed E-state index contributed by atoms with van der Waals surface area (Å²) in [6.45, 7) is -2.91. The number of β-amino-alcohol motifs (C(OH)–C–C–N with tert-alkyl or cyclic N) is 1. The molecule has 1 aromatic carbocycles. The molecule has 2 amide bonds. The minimum Gasteiger partial charge on any atom is -0.494 e. The van der Waals surface area contributed by atoms with Crippen LogP contribution >= 0.6 is 0 Å². The van der Waals surface area contributed by atoms with Crippen LogP contribution in [0.5, 0.6) is 5.75 Å². The van der Waals surface area contributed by atoms with Gasteiger partial charge in [-0.05, 0) is 25.0 Å². The van der Waals surface area contributed by atoms with Crippen LogP contribution in [-0.4, -0.2) is 83.0 Å². The number of hydrogen-bond acceptors (Lipinski definition) is 12. The Labute approximate surface area is 233 Å². The van der Waals surface area contributed by atoms with Crippen molar-refractivity contribution < 1.29 is 36.5 Å². The molecule has 212 valence electrons. The lowest BCUT2D eigenvalue weighted by atomic mass is 10.1. The number of nitrogens with zero attached hydrogens (tertiary/aromatic N) is 5. The Morgan fingerprint density at radius 3 is 2.75 bits per heavy atom. The van der Waals surface area contributed by atoms with Gasteiger partial charge in [0.15, 0.2) is 17.3 Å². The summed E-state index contributed by atoms with van der Waals surface area (Å²) in [5.41, 5.74) is 0.242. The number of methoxy groups -OCH3 is 1. The third kappa shape index (κ3) is 5.59. The molecule has 15 nitrogen and oxygen atoms in total. The lowest BCUT2D eigenvalue weighted by Gasteiger charge is -2.18. The summed E-state index contributed by atoms with van der Waals surface area (Å²) in [6.07, 6.45) is 1.69. The summed E-state index contributed by atoms with van der Waals surface area (Å²) in [6, 6.07) is 5.31. The lowest BCUT2D eigenvalue weighted by Crippen LogP contribution is -2.30. The van der Waals surface area contributed by atoms with E-state index in [4.69, 9.17) is 13.4 Å². The topological polar surface area (TPSA) is 202 Å². The molecule has 1 saturated carbocycles. The predicted octanol–water partition coefficient (Wildman–Crippen LogP) is 1.05. The first-order valence-corrected chi connectivity index (χ1v) is 14.0. The smallest absolute Gasteiger partial charge is 0.273 e. The fourth-order valence-electron chi connectivity index (χ4n) is 4.38. The standard InChI is InChI=1S/C24H28N8O7S/c1-25-23(35)19-16(10-18(29-30-19)27-22(34)12-7-8-12)26-15-6-4-5-14(20(15)38-2)21-28-24(39-31-21)17-9-13(33)11-32(17)40(3,36)37/h4-6,10,12-13,17,33H,7-9,11H2,1-3H3,(H,25,35)(H2,26,27,29,34)/t13-,17+/m1/s1/i1D3. The number of nitrogens with one attached hydrogen (secondary N) is 3. The molecular formula is C24H28N8O7S. The molecule has 1 saturated heterocycles. The number of benzene rings is 1. The van der Waals surface area contributed by atoms with Gasteiger partial charge < -0.3 is 30.3 Å². The normalized spacial score (nSPS) is 20.7. The monoisotopic (exact) mass is 575 g/mol. The zero-order valence-corrected chi connectivity index (χ0v) is 22.2. The molecule has 3 aromatic rings. The van der Waals surface area contributed by atoms with Crippen LogP contribution in [0.1, 0.15) is 45.8 Å². The van der Waals surface area contributed by atoms with Crippen LogP contribution in [0.2, 0.25) is 0 Å². The number of carbonyl (C=O) groups excluding carboxylic acids is 2. The molecule has 0 spiro atoms. The molecule has 2 fully saturated rings. The van der Waals surface area contributed by atoms with Crippen molar-refractivity contribution in [1.82, 2.24) is 30.0 Å². The van der Waals surface area contributed by atoms with E-state index in [1.165, 1.54) is 13.2 Å². The minimum atomic E-state index is -3.67. The molecule has 2 atom stereocenters. The summed E-state index contributed by atoms with van der Waals surface area (Å²) >= 11 is 0. The fourth-order valence-corrected chi connectivity index (χ4v) is 5.46. The van der Waals surface area contributed by atoms with E-state index in [0.29, 0.717) is 5.56 Å². The highest BCUT2D eigenvalue weighted by atomic mass is 32.2. The van der Waals surface area contributed by atoms with Crippen molar-refractivity contribution in [2.75, 3.05) is 37.5 Å². The Morgan fingerprint density at radius 2 is 2.05 bits per heavy atom. The maximum Gasteiger partial charge on any atom is 0.273 e. The predicted molar refractivity (Wildman–Crippen MR) is 141 cm³/mol. The zero-order valence-electron chi connectivity index (χ0n) is 24.4. The second-order valence-corrected chi connectivity index (χ2v) is 11.4. The maximum atomic E-state index is 12.8. The Morgan fingerprint density at radius 1 is 1.25 bits per heavy atom. The number of amides is 2. The molecule has 3 heterocycles. The molecule has 2 aromatic heterocycles. The number of sulfonamides is 1. The molecule has 2 aliphatic rings. The maximum absolute atomic E-state index is 12.8.